The van der Waals surface area contributed by atoms with Gasteiger partial charge in [-0.15, -0.1) is 0 Å². The van der Waals surface area contributed by atoms with Crippen LogP contribution in [0.5, 0.6) is 0 Å². The minimum Gasteiger partial charge on any atom is -0.381 e. The van der Waals surface area contributed by atoms with Crippen molar-refractivity contribution >= 4 is 11.6 Å². The lowest BCUT2D eigenvalue weighted by atomic mass is 9.79. The Morgan fingerprint density at radius 1 is 1.30 bits per heavy atom. The Kier molecular flexibility index (Phi) is 6.65. The smallest absolute Gasteiger partial charge is 0.0468 e. The lowest BCUT2D eigenvalue weighted by Crippen LogP contribution is -2.16. The zero-order valence-electron chi connectivity index (χ0n) is 15.3. The van der Waals surface area contributed by atoms with E-state index in [9.17, 15) is 0 Å². The Labute approximate surface area is 142 Å². The molecule has 2 rings (SSSR count). The fraction of sp³-hybridized carbons (Fsp3) is 0.545. The zero-order chi connectivity index (χ0) is 16.8. The number of hydrogen-bond donors (Lipinski definition) is 0. The van der Waals surface area contributed by atoms with Crippen molar-refractivity contribution in [1.29, 1.82) is 0 Å². The molecule has 1 nitrogen and oxygen atoms in total. The first-order valence-electron chi connectivity index (χ1n) is 9.06. The van der Waals surface area contributed by atoms with Crippen LogP contribution in [0, 0.1) is 18.8 Å². The molecule has 0 N–H and O–H groups in total. The van der Waals surface area contributed by atoms with E-state index in [2.05, 4.69) is 58.5 Å². The third-order valence-electron chi connectivity index (χ3n) is 5.21. The molecule has 0 saturated carbocycles. The molecule has 1 heteroatoms. The SMILES string of the molecule is C=C(C)c1c(C)cccc1C=C(C)C(CC)C1CCCOCC1. The van der Waals surface area contributed by atoms with Crippen molar-refractivity contribution in [2.75, 3.05) is 13.2 Å². The molecule has 0 amide bonds. The van der Waals surface area contributed by atoms with E-state index < -0.39 is 0 Å². The highest BCUT2D eigenvalue weighted by Crippen LogP contribution is 2.34. The molecule has 0 bridgehead atoms. The van der Waals surface area contributed by atoms with Crippen molar-refractivity contribution in [2.24, 2.45) is 11.8 Å². The van der Waals surface area contributed by atoms with Crippen LogP contribution < -0.4 is 0 Å². The first-order valence-corrected chi connectivity index (χ1v) is 9.06. The summed E-state index contributed by atoms with van der Waals surface area (Å²) in [5.41, 5.74) is 6.60. The average Bonchev–Trinajstić information content (AvgIpc) is 2.77. The van der Waals surface area contributed by atoms with Gasteiger partial charge in [0.15, 0.2) is 0 Å². The van der Waals surface area contributed by atoms with Crippen LogP contribution in [0.15, 0.2) is 30.4 Å². The molecule has 0 spiro atoms. The van der Waals surface area contributed by atoms with Gasteiger partial charge in [-0.1, -0.05) is 48.9 Å². The average molecular weight is 312 g/mol. The molecule has 1 fully saturated rings. The van der Waals surface area contributed by atoms with Crippen molar-refractivity contribution in [3.63, 3.8) is 0 Å². The van der Waals surface area contributed by atoms with Crippen LogP contribution in [-0.2, 0) is 4.74 Å². The van der Waals surface area contributed by atoms with Crippen molar-refractivity contribution in [3.8, 4) is 0 Å². The van der Waals surface area contributed by atoms with Crippen LogP contribution in [0.3, 0.4) is 0 Å². The van der Waals surface area contributed by atoms with Crippen LogP contribution in [0.2, 0.25) is 0 Å². The van der Waals surface area contributed by atoms with Gasteiger partial charge in [0, 0.05) is 13.2 Å². The number of benzene rings is 1. The summed E-state index contributed by atoms with van der Waals surface area (Å²) >= 11 is 0. The molecule has 2 atom stereocenters. The van der Waals surface area contributed by atoms with Gasteiger partial charge >= 0.3 is 0 Å². The van der Waals surface area contributed by atoms with Gasteiger partial charge in [-0.2, -0.15) is 0 Å². The third kappa shape index (κ3) is 4.57. The molecule has 0 aromatic heterocycles. The monoisotopic (exact) mass is 312 g/mol. The summed E-state index contributed by atoms with van der Waals surface area (Å²) in [6.45, 7) is 15.0. The summed E-state index contributed by atoms with van der Waals surface area (Å²) in [5, 5.41) is 0. The van der Waals surface area contributed by atoms with E-state index in [0.717, 1.165) is 24.7 Å². The van der Waals surface area contributed by atoms with E-state index in [0.29, 0.717) is 5.92 Å². The Bertz CT molecular complexity index is 559. The maximum atomic E-state index is 5.65. The lowest BCUT2D eigenvalue weighted by Gasteiger charge is -2.26. The van der Waals surface area contributed by atoms with E-state index in [1.807, 2.05) is 0 Å². The molecular formula is C22H32O. The zero-order valence-corrected chi connectivity index (χ0v) is 15.3. The van der Waals surface area contributed by atoms with Crippen LogP contribution in [-0.4, -0.2) is 13.2 Å². The summed E-state index contributed by atoms with van der Waals surface area (Å²) in [4.78, 5) is 0. The summed E-state index contributed by atoms with van der Waals surface area (Å²) in [6, 6.07) is 6.56. The van der Waals surface area contributed by atoms with Crippen LogP contribution in [0.1, 0.15) is 63.1 Å². The van der Waals surface area contributed by atoms with Crippen molar-refractivity contribution in [2.45, 2.75) is 53.4 Å². The molecule has 126 valence electrons. The van der Waals surface area contributed by atoms with Gasteiger partial charge in [0.2, 0.25) is 0 Å². The second kappa shape index (κ2) is 8.49. The lowest BCUT2D eigenvalue weighted by molar-refractivity contribution is 0.139. The predicted molar refractivity (Wildman–Crippen MR) is 101 cm³/mol. The second-order valence-corrected chi connectivity index (χ2v) is 7.03. The summed E-state index contributed by atoms with van der Waals surface area (Å²) in [5.74, 6) is 1.42. The normalized spacial score (nSPS) is 20.9. The van der Waals surface area contributed by atoms with Gasteiger partial charge < -0.3 is 4.74 Å². The predicted octanol–water partition coefficient (Wildman–Crippen LogP) is 6.27. The third-order valence-corrected chi connectivity index (χ3v) is 5.21. The highest BCUT2D eigenvalue weighted by Gasteiger charge is 2.23. The quantitative estimate of drug-likeness (QED) is 0.622. The minimum atomic E-state index is 0.662. The summed E-state index contributed by atoms with van der Waals surface area (Å²) < 4.78 is 5.65. The first-order chi connectivity index (χ1) is 11.0. The Morgan fingerprint density at radius 3 is 2.78 bits per heavy atom. The molecule has 1 aliphatic heterocycles. The molecule has 1 saturated heterocycles. The van der Waals surface area contributed by atoms with Gasteiger partial charge in [-0.3, -0.25) is 0 Å². The highest BCUT2D eigenvalue weighted by atomic mass is 16.5. The standard InChI is InChI=1S/C22H32O/c1-6-21(19-11-8-13-23-14-12-19)18(5)15-20-10-7-9-17(4)22(20)16(2)3/h7,9-10,15,19,21H,2,6,8,11-14H2,1,3-5H3. The number of aryl methyl sites for hydroxylation is 1. The van der Waals surface area contributed by atoms with Crippen molar-refractivity contribution < 1.29 is 4.74 Å². The number of allylic oxidation sites excluding steroid dienone is 2. The fourth-order valence-electron chi connectivity index (χ4n) is 4.10. The minimum absolute atomic E-state index is 0.662. The van der Waals surface area contributed by atoms with Gasteiger partial charge in [0.05, 0.1) is 0 Å². The number of rotatable bonds is 5. The van der Waals surface area contributed by atoms with Crippen LogP contribution in [0.4, 0.5) is 0 Å². The van der Waals surface area contributed by atoms with E-state index >= 15 is 0 Å². The highest BCUT2D eigenvalue weighted by molar-refractivity contribution is 5.75. The van der Waals surface area contributed by atoms with Gasteiger partial charge in [0.1, 0.15) is 0 Å². The van der Waals surface area contributed by atoms with Crippen molar-refractivity contribution in [1.82, 2.24) is 0 Å². The molecule has 1 aromatic rings. The molecular weight excluding hydrogens is 280 g/mol. The second-order valence-electron chi connectivity index (χ2n) is 7.03. The van der Waals surface area contributed by atoms with E-state index in [1.165, 1.54) is 47.9 Å². The maximum absolute atomic E-state index is 5.65. The molecule has 0 aliphatic carbocycles. The Morgan fingerprint density at radius 2 is 2.09 bits per heavy atom. The maximum Gasteiger partial charge on any atom is 0.0468 e. The summed E-state index contributed by atoms with van der Waals surface area (Å²) in [7, 11) is 0. The van der Waals surface area contributed by atoms with Gasteiger partial charge in [0.25, 0.3) is 0 Å². The summed E-state index contributed by atoms with van der Waals surface area (Å²) in [6.07, 6.45) is 7.31. The molecule has 1 aliphatic rings. The van der Waals surface area contributed by atoms with Crippen LogP contribution in [0.25, 0.3) is 11.6 Å². The topological polar surface area (TPSA) is 9.23 Å². The molecule has 1 aromatic carbocycles. The number of ether oxygens (including phenoxy) is 1. The van der Waals surface area contributed by atoms with E-state index in [1.54, 1.807) is 0 Å². The Balaban J connectivity index is 2.30. The largest absolute Gasteiger partial charge is 0.381 e. The van der Waals surface area contributed by atoms with E-state index in [4.69, 9.17) is 4.74 Å². The molecule has 23 heavy (non-hydrogen) atoms. The molecule has 2 unspecified atom stereocenters. The molecule has 1 heterocycles. The fourth-order valence-corrected chi connectivity index (χ4v) is 4.10. The molecule has 0 radical (unpaired) electrons. The first kappa shape index (κ1) is 18.0. The number of hydrogen-bond acceptors (Lipinski definition) is 1. The van der Waals surface area contributed by atoms with Gasteiger partial charge in [-0.05, 0) is 75.0 Å². The Hall–Kier alpha value is -1.34. The van der Waals surface area contributed by atoms with Crippen LogP contribution >= 0.6 is 0 Å². The van der Waals surface area contributed by atoms with E-state index in [-0.39, 0.29) is 0 Å². The van der Waals surface area contributed by atoms with Gasteiger partial charge in [-0.25, -0.2) is 0 Å². The van der Waals surface area contributed by atoms with Crippen molar-refractivity contribution in [3.05, 3.63) is 47.0 Å².